The Morgan fingerprint density at radius 3 is 2.61 bits per heavy atom. The Labute approximate surface area is 183 Å². The Balaban J connectivity index is 1.56. The molecule has 0 aliphatic rings. The Morgan fingerprint density at radius 2 is 1.90 bits per heavy atom. The van der Waals surface area contributed by atoms with Gasteiger partial charge in [-0.25, -0.2) is 4.68 Å². The van der Waals surface area contributed by atoms with E-state index in [0.29, 0.717) is 30.0 Å². The Kier molecular flexibility index (Phi) is 5.69. The summed E-state index contributed by atoms with van der Waals surface area (Å²) in [5.41, 5.74) is 2.11. The van der Waals surface area contributed by atoms with Gasteiger partial charge >= 0.3 is 0 Å². The summed E-state index contributed by atoms with van der Waals surface area (Å²) < 4.78 is 14.7. The molecule has 1 amide bonds. The average Bonchev–Trinajstić information content (AvgIpc) is 3.30. The molecule has 8 nitrogen and oxygen atoms in total. The zero-order chi connectivity index (χ0) is 22.1. The van der Waals surface area contributed by atoms with Gasteiger partial charge < -0.3 is 14.8 Å². The predicted molar refractivity (Wildman–Crippen MR) is 120 cm³/mol. The first kappa shape index (κ1) is 20.9. The first-order chi connectivity index (χ1) is 14.9. The molecule has 162 valence electrons. The highest BCUT2D eigenvalue weighted by Crippen LogP contribution is 2.28. The smallest absolute Gasteiger partial charge is 0.291 e. The third kappa shape index (κ3) is 3.88. The summed E-state index contributed by atoms with van der Waals surface area (Å²) in [4.78, 5) is 26.7. The Bertz CT molecular complexity index is 1340. The van der Waals surface area contributed by atoms with Crippen molar-refractivity contribution >= 4 is 33.0 Å². The van der Waals surface area contributed by atoms with E-state index in [9.17, 15) is 9.59 Å². The molecule has 0 saturated carbocycles. The minimum atomic E-state index is -0.292. The van der Waals surface area contributed by atoms with E-state index in [2.05, 4.69) is 16.5 Å². The highest BCUT2D eigenvalue weighted by Gasteiger charge is 2.16. The number of hydrogen-bond donors (Lipinski definition) is 1. The molecule has 0 aliphatic heterocycles. The molecular weight excluding hydrogens is 416 g/mol. The third-order valence-corrected chi connectivity index (χ3v) is 6.09. The zero-order valence-corrected chi connectivity index (χ0v) is 18.7. The van der Waals surface area contributed by atoms with Crippen molar-refractivity contribution in [2.24, 2.45) is 0 Å². The van der Waals surface area contributed by atoms with Gasteiger partial charge in [0.15, 0.2) is 11.5 Å². The maximum Gasteiger partial charge on any atom is 0.291 e. The van der Waals surface area contributed by atoms with Gasteiger partial charge in [0, 0.05) is 17.8 Å². The fourth-order valence-electron chi connectivity index (χ4n) is 3.63. The lowest BCUT2D eigenvalue weighted by Crippen LogP contribution is -2.35. The van der Waals surface area contributed by atoms with E-state index in [0.717, 1.165) is 21.6 Å². The van der Waals surface area contributed by atoms with Crippen LogP contribution < -0.4 is 20.3 Å². The summed E-state index contributed by atoms with van der Waals surface area (Å²) >= 11 is 1.64. The largest absolute Gasteiger partial charge is 0.493 e. The first-order valence-corrected chi connectivity index (χ1v) is 10.8. The molecule has 3 aromatic heterocycles. The lowest BCUT2D eigenvalue weighted by Gasteiger charge is -2.12. The molecule has 1 aromatic carbocycles. The molecule has 0 spiro atoms. The van der Waals surface area contributed by atoms with Crippen molar-refractivity contribution in [3.63, 3.8) is 0 Å². The monoisotopic (exact) mass is 440 g/mol. The standard InChI is InChI=1S/C22H24N4O4S/c1-5-20-24-25(22(28)16-10-19-15(26(16)20)8-13(2)31-19)12-21(27)23-11-14-6-7-17(29-3)18(9-14)30-4/h6-10H,5,11-12H2,1-4H3,(H,23,27). The molecule has 4 aromatic rings. The normalized spacial score (nSPS) is 11.2. The SMILES string of the molecule is CCc1nn(CC(=O)NCc2ccc(OC)c(OC)c2)c(=O)c2cc3sc(C)cc3n12. The van der Waals surface area contributed by atoms with Gasteiger partial charge in [-0.05, 0) is 36.8 Å². The van der Waals surface area contributed by atoms with Gasteiger partial charge in [-0.1, -0.05) is 13.0 Å². The van der Waals surface area contributed by atoms with Crippen molar-refractivity contribution in [3.05, 3.63) is 57.0 Å². The van der Waals surface area contributed by atoms with E-state index in [4.69, 9.17) is 9.47 Å². The molecule has 0 unspecified atom stereocenters. The van der Waals surface area contributed by atoms with E-state index >= 15 is 0 Å². The van der Waals surface area contributed by atoms with Crippen molar-refractivity contribution in [1.29, 1.82) is 0 Å². The van der Waals surface area contributed by atoms with Crippen molar-refractivity contribution in [1.82, 2.24) is 19.5 Å². The van der Waals surface area contributed by atoms with Crippen LogP contribution in [0.4, 0.5) is 0 Å². The highest BCUT2D eigenvalue weighted by molar-refractivity contribution is 7.19. The molecule has 31 heavy (non-hydrogen) atoms. The molecule has 0 bridgehead atoms. The number of nitrogens with one attached hydrogen (secondary N) is 1. The molecule has 1 N–H and O–H groups in total. The van der Waals surface area contributed by atoms with Crippen molar-refractivity contribution in [2.75, 3.05) is 14.2 Å². The van der Waals surface area contributed by atoms with Gasteiger partial charge in [-0.3, -0.25) is 14.0 Å². The molecule has 0 fully saturated rings. The topological polar surface area (TPSA) is 86.9 Å². The Morgan fingerprint density at radius 1 is 1.13 bits per heavy atom. The van der Waals surface area contributed by atoms with Gasteiger partial charge in [-0.2, -0.15) is 5.10 Å². The number of rotatable bonds is 7. The number of aryl methyl sites for hydroxylation is 2. The minimum absolute atomic E-state index is 0.145. The van der Waals surface area contributed by atoms with Gasteiger partial charge in [0.05, 0.1) is 24.4 Å². The van der Waals surface area contributed by atoms with Crippen LogP contribution in [0.5, 0.6) is 11.5 Å². The number of fused-ring (bicyclic) bond motifs is 3. The molecule has 0 aliphatic carbocycles. The van der Waals surface area contributed by atoms with Crippen LogP contribution >= 0.6 is 11.3 Å². The second-order valence-electron chi connectivity index (χ2n) is 7.17. The number of ether oxygens (including phenoxy) is 2. The van der Waals surface area contributed by atoms with Gasteiger partial charge in [0.2, 0.25) is 5.91 Å². The number of amides is 1. The summed E-state index contributed by atoms with van der Waals surface area (Å²) in [6.07, 6.45) is 0.642. The van der Waals surface area contributed by atoms with Crippen LogP contribution in [-0.4, -0.2) is 34.3 Å². The minimum Gasteiger partial charge on any atom is -0.493 e. The average molecular weight is 441 g/mol. The van der Waals surface area contributed by atoms with E-state index in [1.54, 1.807) is 37.7 Å². The number of benzene rings is 1. The molecule has 0 radical (unpaired) electrons. The first-order valence-electron chi connectivity index (χ1n) is 9.94. The summed E-state index contributed by atoms with van der Waals surface area (Å²) in [6, 6.07) is 9.39. The number of thiophene rings is 1. The van der Waals surface area contributed by atoms with Crippen LogP contribution in [0.15, 0.2) is 35.1 Å². The van der Waals surface area contributed by atoms with E-state index in [1.165, 1.54) is 9.56 Å². The highest BCUT2D eigenvalue weighted by atomic mass is 32.1. The number of aromatic nitrogens is 3. The van der Waals surface area contributed by atoms with Gasteiger partial charge in [0.1, 0.15) is 17.9 Å². The summed E-state index contributed by atoms with van der Waals surface area (Å²) in [5.74, 6) is 1.67. The van der Waals surface area contributed by atoms with Crippen LogP contribution in [0.3, 0.4) is 0 Å². The second kappa shape index (κ2) is 8.43. The van der Waals surface area contributed by atoms with Crippen LogP contribution in [0.25, 0.3) is 15.7 Å². The van der Waals surface area contributed by atoms with E-state index in [-0.39, 0.29) is 18.0 Å². The van der Waals surface area contributed by atoms with Crippen LogP contribution in [0.1, 0.15) is 23.2 Å². The summed E-state index contributed by atoms with van der Waals surface area (Å²) in [5, 5.41) is 7.31. The van der Waals surface area contributed by atoms with E-state index in [1.807, 2.05) is 30.4 Å². The van der Waals surface area contributed by atoms with E-state index < -0.39 is 0 Å². The lowest BCUT2D eigenvalue weighted by molar-refractivity contribution is -0.122. The number of carbonyl (C=O) groups is 1. The number of methoxy groups -OCH3 is 2. The molecule has 0 saturated heterocycles. The van der Waals surface area contributed by atoms with Crippen LogP contribution in [0, 0.1) is 6.92 Å². The second-order valence-corrected chi connectivity index (χ2v) is 8.46. The van der Waals surface area contributed by atoms with Gasteiger partial charge in [-0.15, -0.1) is 11.3 Å². The molecule has 0 atom stereocenters. The Hall–Kier alpha value is -3.33. The van der Waals surface area contributed by atoms with Gasteiger partial charge in [0.25, 0.3) is 5.56 Å². The quantitative estimate of drug-likeness (QED) is 0.478. The summed E-state index contributed by atoms with van der Waals surface area (Å²) in [6.45, 7) is 4.18. The molecule has 3 heterocycles. The third-order valence-electron chi connectivity index (χ3n) is 5.11. The maximum absolute atomic E-state index is 13.0. The predicted octanol–water partition coefficient (Wildman–Crippen LogP) is 2.92. The van der Waals surface area contributed by atoms with Crippen LogP contribution in [-0.2, 0) is 24.3 Å². The molecule has 9 heteroatoms. The molecular formula is C22H24N4O4S. The fourth-order valence-corrected chi connectivity index (χ4v) is 4.57. The maximum atomic E-state index is 13.0. The van der Waals surface area contributed by atoms with Crippen molar-refractivity contribution in [3.8, 4) is 11.5 Å². The number of nitrogens with zero attached hydrogens (tertiary/aromatic N) is 3. The fraction of sp³-hybridized carbons (Fsp3) is 0.318. The van der Waals surface area contributed by atoms with Crippen molar-refractivity contribution in [2.45, 2.75) is 33.4 Å². The number of hydrogen-bond acceptors (Lipinski definition) is 6. The lowest BCUT2D eigenvalue weighted by atomic mass is 10.2. The molecule has 4 rings (SSSR count). The zero-order valence-electron chi connectivity index (χ0n) is 17.9. The van der Waals surface area contributed by atoms with Crippen LogP contribution in [0.2, 0.25) is 0 Å². The van der Waals surface area contributed by atoms with Crippen molar-refractivity contribution < 1.29 is 14.3 Å². The number of carbonyl (C=O) groups excluding carboxylic acids is 1. The summed E-state index contributed by atoms with van der Waals surface area (Å²) in [7, 11) is 3.13.